The molecule has 0 saturated carbocycles. The normalized spacial score (nSPS) is 22.2. The molecule has 0 radical (unpaired) electrons. The molecule has 0 aromatic carbocycles. The van der Waals surface area contributed by atoms with Crippen molar-refractivity contribution in [3.63, 3.8) is 0 Å². The fourth-order valence-corrected chi connectivity index (χ4v) is 1.75. The quantitative estimate of drug-likeness (QED) is 0.672. The topological polar surface area (TPSA) is 49.5 Å². The lowest BCUT2D eigenvalue weighted by Crippen LogP contribution is -2.43. The number of hydrogen-bond acceptors (Lipinski definition) is 3. The van der Waals surface area contributed by atoms with Crippen LogP contribution in [-0.2, 0) is 0 Å². The number of rotatable bonds is 3. The Morgan fingerprint density at radius 2 is 1.92 bits per heavy atom. The van der Waals surface area contributed by atoms with Crippen LogP contribution in [0.15, 0.2) is 0 Å². The molecule has 3 N–H and O–H groups in total. The van der Waals surface area contributed by atoms with E-state index in [4.69, 9.17) is 5.73 Å². The Kier molecular flexibility index (Phi) is 3.71. The van der Waals surface area contributed by atoms with Gasteiger partial charge in [0.25, 0.3) is 0 Å². The van der Waals surface area contributed by atoms with Crippen molar-refractivity contribution in [2.45, 2.75) is 32.8 Å². The van der Waals surface area contributed by atoms with Gasteiger partial charge in [-0.1, -0.05) is 13.8 Å². The van der Waals surface area contributed by atoms with Crippen LogP contribution in [0.5, 0.6) is 0 Å². The van der Waals surface area contributed by atoms with Gasteiger partial charge >= 0.3 is 0 Å². The average Bonchev–Trinajstić information content (AvgIpc) is 2.09. The number of aliphatic hydroxyl groups excluding tert-OH is 1. The number of piperidine rings is 1. The van der Waals surface area contributed by atoms with Gasteiger partial charge in [0.15, 0.2) is 0 Å². The Labute approximate surface area is 80.9 Å². The van der Waals surface area contributed by atoms with Gasteiger partial charge in [0.05, 0.1) is 6.10 Å². The van der Waals surface area contributed by atoms with Gasteiger partial charge in [-0.25, -0.2) is 0 Å². The highest BCUT2D eigenvalue weighted by Gasteiger charge is 2.23. The molecule has 1 saturated heterocycles. The molecule has 3 nitrogen and oxygen atoms in total. The molecule has 1 aliphatic heterocycles. The first kappa shape index (κ1) is 11.0. The molecule has 1 fully saturated rings. The molecule has 78 valence electrons. The predicted molar refractivity (Wildman–Crippen MR) is 54.5 cm³/mol. The van der Waals surface area contributed by atoms with Gasteiger partial charge in [-0.15, -0.1) is 0 Å². The molecule has 3 heteroatoms. The van der Waals surface area contributed by atoms with E-state index in [1.807, 2.05) is 0 Å². The largest absolute Gasteiger partial charge is 0.393 e. The monoisotopic (exact) mass is 186 g/mol. The predicted octanol–water partition coefficient (Wildman–Crippen LogP) is 0.428. The number of nitrogens with two attached hydrogens (primary N) is 1. The lowest BCUT2D eigenvalue weighted by Gasteiger charge is -2.35. The van der Waals surface area contributed by atoms with E-state index in [-0.39, 0.29) is 11.5 Å². The van der Waals surface area contributed by atoms with Crippen molar-refractivity contribution in [1.82, 2.24) is 4.90 Å². The van der Waals surface area contributed by atoms with E-state index < -0.39 is 0 Å². The van der Waals surface area contributed by atoms with Crippen LogP contribution in [0, 0.1) is 5.41 Å². The fourth-order valence-electron chi connectivity index (χ4n) is 1.75. The van der Waals surface area contributed by atoms with E-state index in [1.54, 1.807) is 0 Å². The number of hydrogen-bond donors (Lipinski definition) is 2. The highest BCUT2D eigenvalue weighted by atomic mass is 16.3. The summed E-state index contributed by atoms with van der Waals surface area (Å²) in [6, 6.07) is 0. The van der Waals surface area contributed by atoms with Crippen molar-refractivity contribution in [1.29, 1.82) is 0 Å². The third kappa shape index (κ3) is 3.63. The molecule has 1 rings (SSSR count). The molecule has 0 unspecified atom stereocenters. The maximum absolute atomic E-state index is 9.33. The summed E-state index contributed by atoms with van der Waals surface area (Å²) in [4.78, 5) is 2.40. The molecular weight excluding hydrogens is 164 g/mol. The number of likely N-dealkylation sites (tertiary alicyclic amines) is 1. The summed E-state index contributed by atoms with van der Waals surface area (Å²) in [6.07, 6.45) is 1.76. The van der Waals surface area contributed by atoms with Gasteiger partial charge in [-0.3, -0.25) is 0 Å². The molecule has 0 aromatic rings. The van der Waals surface area contributed by atoms with Crippen LogP contribution in [0.4, 0.5) is 0 Å². The van der Waals surface area contributed by atoms with Gasteiger partial charge in [-0.05, 0) is 24.8 Å². The van der Waals surface area contributed by atoms with Gasteiger partial charge < -0.3 is 15.7 Å². The Morgan fingerprint density at radius 1 is 1.38 bits per heavy atom. The van der Waals surface area contributed by atoms with Crippen molar-refractivity contribution < 1.29 is 5.11 Å². The molecule has 0 spiro atoms. The molecule has 0 aromatic heterocycles. The molecule has 1 heterocycles. The van der Waals surface area contributed by atoms with Crippen LogP contribution in [-0.4, -0.2) is 42.3 Å². The fraction of sp³-hybridized carbons (Fsp3) is 1.00. The Balaban J connectivity index is 2.30. The van der Waals surface area contributed by atoms with Crippen molar-refractivity contribution in [2.24, 2.45) is 11.1 Å². The standard InChI is InChI=1S/C10H22N2O/c1-10(2,7-11)8-12-5-3-9(13)4-6-12/h9,13H,3-8,11H2,1-2H3. The summed E-state index contributed by atoms with van der Waals surface area (Å²) in [5.41, 5.74) is 5.89. The Bertz CT molecular complexity index is 151. The molecule has 0 amide bonds. The van der Waals surface area contributed by atoms with E-state index >= 15 is 0 Å². The van der Waals surface area contributed by atoms with Gasteiger partial charge in [0, 0.05) is 19.6 Å². The average molecular weight is 186 g/mol. The first-order valence-electron chi connectivity index (χ1n) is 5.14. The van der Waals surface area contributed by atoms with Crippen molar-refractivity contribution in [3.8, 4) is 0 Å². The summed E-state index contributed by atoms with van der Waals surface area (Å²) in [7, 11) is 0. The Morgan fingerprint density at radius 3 is 2.38 bits per heavy atom. The summed E-state index contributed by atoms with van der Waals surface area (Å²) in [5.74, 6) is 0. The van der Waals surface area contributed by atoms with Crippen molar-refractivity contribution >= 4 is 0 Å². The van der Waals surface area contributed by atoms with Crippen LogP contribution in [0.1, 0.15) is 26.7 Å². The smallest absolute Gasteiger partial charge is 0.0564 e. The number of aliphatic hydroxyl groups is 1. The van der Waals surface area contributed by atoms with E-state index in [0.29, 0.717) is 0 Å². The summed E-state index contributed by atoms with van der Waals surface area (Å²) in [6.45, 7) is 8.20. The first-order chi connectivity index (χ1) is 6.03. The van der Waals surface area contributed by atoms with Crippen LogP contribution in [0.25, 0.3) is 0 Å². The molecule has 0 bridgehead atoms. The van der Waals surface area contributed by atoms with E-state index in [1.165, 1.54) is 0 Å². The third-order valence-electron chi connectivity index (χ3n) is 2.76. The lowest BCUT2D eigenvalue weighted by molar-refractivity contribution is 0.0647. The maximum Gasteiger partial charge on any atom is 0.0564 e. The highest BCUT2D eigenvalue weighted by Crippen LogP contribution is 2.18. The summed E-state index contributed by atoms with van der Waals surface area (Å²) in [5, 5.41) is 9.33. The second kappa shape index (κ2) is 4.40. The first-order valence-corrected chi connectivity index (χ1v) is 5.14. The summed E-state index contributed by atoms with van der Waals surface area (Å²) < 4.78 is 0. The van der Waals surface area contributed by atoms with E-state index in [9.17, 15) is 5.11 Å². The van der Waals surface area contributed by atoms with Crippen LogP contribution < -0.4 is 5.73 Å². The van der Waals surface area contributed by atoms with Gasteiger partial charge in [0.1, 0.15) is 0 Å². The van der Waals surface area contributed by atoms with E-state index in [2.05, 4.69) is 18.7 Å². The highest BCUT2D eigenvalue weighted by molar-refractivity contribution is 4.78. The maximum atomic E-state index is 9.33. The molecule has 0 aliphatic carbocycles. The Hall–Kier alpha value is -0.120. The van der Waals surface area contributed by atoms with Crippen LogP contribution in [0.3, 0.4) is 0 Å². The molecule has 1 aliphatic rings. The third-order valence-corrected chi connectivity index (χ3v) is 2.76. The second-order valence-electron chi connectivity index (χ2n) is 4.88. The van der Waals surface area contributed by atoms with Crippen LogP contribution in [0.2, 0.25) is 0 Å². The van der Waals surface area contributed by atoms with Gasteiger partial charge in [-0.2, -0.15) is 0 Å². The van der Waals surface area contributed by atoms with Crippen LogP contribution >= 0.6 is 0 Å². The minimum atomic E-state index is -0.0720. The van der Waals surface area contributed by atoms with Crippen molar-refractivity contribution in [3.05, 3.63) is 0 Å². The zero-order valence-corrected chi connectivity index (χ0v) is 8.79. The lowest BCUT2D eigenvalue weighted by atomic mass is 9.92. The zero-order valence-electron chi connectivity index (χ0n) is 8.79. The van der Waals surface area contributed by atoms with E-state index in [0.717, 1.165) is 39.0 Å². The number of nitrogens with zero attached hydrogens (tertiary/aromatic N) is 1. The van der Waals surface area contributed by atoms with Gasteiger partial charge in [0.2, 0.25) is 0 Å². The minimum absolute atomic E-state index is 0.0720. The molecular formula is C10H22N2O. The summed E-state index contributed by atoms with van der Waals surface area (Å²) >= 11 is 0. The molecule has 13 heavy (non-hydrogen) atoms. The zero-order chi connectivity index (χ0) is 9.90. The van der Waals surface area contributed by atoms with Crippen molar-refractivity contribution in [2.75, 3.05) is 26.2 Å². The minimum Gasteiger partial charge on any atom is -0.393 e. The second-order valence-corrected chi connectivity index (χ2v) is 4.88. The SMILES string of the molecule is CC(C)(CN)CN1CCC(O)CC1. The molecule has 0 atom stereocenters.